The third-order valence-corrected chi connectivity index (χ3v) is 18.3. The predicted molar refractivity (Wildman–Crippen MR) is 336 cm³/mol. The van der Waals surface area contributed by atoms with Crippen molar-refractivity contribution in [3.05, 3.63) is 147 Å². The summed E-state index contributed by atoms with van der Waals surface area (Å²) in [6, 6.07) is 27.3. The SMILES string of the molecule is CCCOc1cc(OCCCCN(C)C)cc(Oc2cc3c(cc2NS(=O)(=O)c2cccc(C(=O)N4CCC(c5ccc(C(=O)N[C@H](C(=O)N6C[C@H](O)C[C@H]6C(=O)NCc6ccc(-c7scnc7C)cc6)C(C)(C)C)cc5)CC4)c2)n(C)c(=O)n3C)c1. The molecule has 7 aromatic rings. The van der Waals surface area contributed by atoms with E-state index in [1.165, 1.54) is 32.2 Å². The first kappa shape index (κ1) is 63.5. The zero-order valence-corrected chi connectivity index (χ0v) is 52.6. The number of benzene rings is 5. The van der Waals surface area contributed by atoms with Crippen LogP contribution >= 0.6 is 11.3 Å². The molecule has 2 aliphatic rings. The molecule has 3 atom stereocenters. The van der Waals surface area contributed by atoms with Crippen molar-refractivity contribution >= 4 is 61.7 Å². The van der Waals surface area contributed by atoms with E-state index >= 15 is 0 Å². The number of β-amino-alcohol motifs (C(OH)–C–C–N with tert-alkyl or cyclic N) is 1. The molecule has 2 aromatic heterocycles. The van der Waals surface area contributed by atoms with Crippen LogP contribution in [0.5, 0.6) is 23.0 Å². The molecule has 87 heavy (non-hydrogen) atoms. The Kier molecular flexibility index (Phi) is 19.9. The number of sulfonamides is 1. The van der Waals surface area contributed by atoms with Crippen molar-refractivity contribution in [2.24, 2.45) is 19.5 Å². The van der Waals surface area contributed by atoms with Crippen LogP contribution in [0.25, 0.3) is 21.5 Å². The van der Waals surface area contributed by atoms with E-state index in [4.69, 9.17) is 14.2 Å². The summed E-state index contributed by atoms with van der Waals surface area (Å²) in [4.78, 5) is 79.7. The highest BCUT2D eigenvalue weighted by Crippen LogP contribution is 2.39. The maximum absolute atomic E-state index is 14.4. The van der Waals surface area contributed by atoms with Crippen LogP contribution in [-0.4, -0.2) is 138 Å². The Balaban J connectivity index is 0.823. The molecule has 2 saturated heterocycles. The zero-order valence-electron chi connectivity index (χ0n) is 50.9. The average Bonchev–Trinajstić information content (AvgIpc) is 1.77. The number of piperidine rings is 1. The first-order chi connectivity index (χ1) is 41.5. The van der Waals surface area contributed by atoms with Crippen LogP contribution < -0.4 is 35.3 Å². The van der Waals surface area contributed by atoms with E-state index in [1.807, 2.05) is 85.1 Å². The Morgan fingerprint density at radius 3 is 2.15 bits per heavy atom. The lowest BCUT2D eigenvalue weighted by Gasteiger charge is -2.35. The minimum Gasteiger partial charge on any atom is -0.493 e. The summed E-state index contributed by atoms with van der Waals surface area (Å²) >= 11 is 1.56. The van der Waals surface area contributed by atoms with Gasteiger partial charge in [0.25, 0.3) is 21.8 Å². The van der Waals surface area contributed by atoms with E-state index in [2.05, 4.69) is 25.2 Å². The highest BCUT2D eigenvalue weighted by Gasteiger charge is 2.44. The summed E-state index contributed by atoms with van der Waals surface area (Å²) in [6.07, 6.45) is 2.91. The van der Waals surface area contributed by atoms with Crippen LogP contribution in [-0.2, 0) is 40.3 Å². The normalized spacial score (nSPS) is 16.0. The minimum absolute atomic E-state index is 0.0499. The van der Waals surface area contributed by atoms with Crippen LogP contribution in [0.3, 0.4) is 0 Å². The third kappa shape index (κ3) is 15.2. The number of aliphatic hydroxyl groups excluding tert-OH is 1. The number of likely N-dealkylation sites (tertiary alicyclic amines) is 2. The number of aromatic nitrogens is 3. The number of ether oxygens (including phenoxy) is 3. The van der Waals surface area contributed by atoms with E-state index in [0.29, 0.717) is 73.0 Å². The molecule has 0 bridgehead atoms. The monoisotopic (exact) mass is 1230 g/mol. The second kappa shape index (κ2) is 27.3. The molecule has 20 nitrogen and oxygen atoms in total. The van der Waals surface area contributed by atoms with Gasteiger partial charge in [0.05, 0.1) is 57.0 Å². The molecule has 0 unspecified atom stereocenters. The fraction of sp³-hybridized carbons (Fsp3) is 0.415. The summed E-state index contributed by atoms with van der Waals surface area (Å²) in [5.41, 5.74) is 6.10. The average molecular weight is 1230 g/mol. The number of carbonyl (C=O) groups is 4. The van der Waals surface area contributed by atoms with E-state index in [9.17, 15) is 37.5 Å². The smallest absolute Gasteiger partial charge is 0.328 e. The number of unbranched alkanes of at least 4 members (excludes halogenated alkanes) is 1. The molecule has 4 amide bonds. The number of imidazole rings is 1. The van der Waals surface area contributed by atoms with Gasteiger partial charge in [-0.05, 0) is 124 Å². The number of nitrogens with one attached hydrogen (secondary N) is 3. The summed E-state index contributed by atoms with van der Waals surface area (Å²) in [7, 11) is 2.89. The molecular formula is C65H79N9O11S2. The molecule has 5 aromatic carbocycles. The molecule has 9 rings (SSSR count). The van der Waals surface area contributed by atoms with E-state index in [-0.39, 0.29) is 58.9 Å². The lowest BCUT2D eigenvalue weighted by Crippen LogP contribution is -2.57. The van der Waals surface area contributed by atoms with Crippen molar-refractivity contribution in [2.75, 3.05) is 58.2 Å². The highest BCUT2D eigenvalue weighted by atomic mass is 32.2. The maximum atomic E-state index is 14.4. The predicted octanol–water partition coefficient (Wildman–Crippen LogP) is 8.85. The van der Waals surface area contributed by atoms with Crippen LogP contribution in [0, 0.1) is 12.3 Å². The van der Waals surface area contributed by atoms with Gasteiger partial charge in [-0.1, -0.05) is 70.2 Å². The molecule has 4 N–H and O–H groups in total. The Morgan fingerprint density at radius 2 is 1.51 bits per heavy atom. The van der Waals surface area contributed by atoms with Crippen LogP contribution in [0.1, 0.15) is 110 Å². The number of hydrogen-bond acceptors (Lipinski definition) is 14. The number of rotatable bonds is 23. The minimum atomic E-state index is -4.37. The molecular weight excluding hydrogens is 1150 g/mol. The number of aliphatic hydroxyl groups is 1. The van der Waals surface area contributed by atoms with Crippen molar-refractivity contribution in [1.82, 2.24) is 39.5 Å². The van der Waals surface area contributed by atoms with Gasteiger partial charge in [0.15, 0.2) is 5.75 Å². The van der Waals surface area contributed by atoms with E-state index < -0.39 is 51.3 Å². The molecule has 0 aliphatic carbocycles. The number of fused-ring (bicyclic) bond motifs is 1. The van der Waals surface area contributed by atoms with Crippen LogP contribution in [0.15, 0.2) is 118 Å². The Hall–Kier alpha value is -8.05. The summed E-state index contributed by atoms with van der Waals surface area (Å²) in [5, 5.41) is 16.6. The Labute approximate surface area is 512 Å². The highest BCUT2D eigenvalue weighted by molar-refractivity contribution is 7.92. The van der Waals surface area contributed by atoms with Crippen molar-refractivity contribution in [3.63, 3.8) is 0 Å². The largest absolute Gasteiger partial charge is 0.493 e. The maximum Gasteiger partial charge on any atom is 0.328 e. The number of thiazole rings is 1. The topological polar surface area (TPSA) is 236 Å². The van der Waals surface area contributed by atoms with Gasteiger partial charge in [-0.15, -0.1) is 11.3 Å². The Morgan fingerprint density at radius 1 is 0.839 bits per heavy atom. The molecule has 22 heteroatoms. The molecule has 4 heterocycles. The van der Waals surface area contributed by atoms with Crippen molar-refractivity contribution < 1.29 is 46.9 Å². The number of carbonyl (C=O) groups excluding carboxylic acids is 4. The molecule has 0 spiro atoms. The van der Waals surface area contributed by atoms with Gasteiger partial charge < -0.3 is 44.7 Å². The second-order valence-electron chi connectivity index (χ2n) is 23.9. The molecule has 2 aliphatic heterocycles. The first-order valence-corrected chi connectivity index (χ1v) is 31.9. The number of hydrogen-bond donors (Lipinski definition) is 4. The fourth-order valence-corrected chi connectivity index (χ4v) is 12.9. The van der Waals surface area contributed by atoms with Crippen molar-refractivity contribution in [1.29, 1.82) is 0 Å². The number of aryl methyl sites for hydroxylation is 3. The number of anilines is 1. The van der Waals surface area contributed by atoms with Gasteiger partial charge in [-0.2, -0.15) is 0 Å². The van der Waals surface area contributed by atoms with Crippen LogP contribution in [0.4, 0.5) is 5.69 Å². The molecule has 0 saturated carbocycles. The molecule has 2 fully saturated rings. The number of amides is 4. The molecule has 462 valence electrons. The standard InChI is InChI=1S/C65H79N9O11S2/c1-10-29-83-49-33-50(84-30-12-11-26-70(6)7)35-51(34-49)85-57-37-55-54(71(8)64(80)72(55)9)36-53(57)69-87(81,82)52-15-13-14-47(31-52)62(78)73-27-24-44(25-28-73)43-20-22-46(23-21-43)60(76)68-59(65(3,4)5)63(79)74-39-48(75)32-56(74)61(77)66-38-42-16-18-45(19-17-42)58-41(2)67-40-86-58/h13-23,31,33-37,40,44,48,56,59,69,75H,10-12,24-30,32,38-39H2,1-9H3,(H,66,77)(H,68,76)/t48-,56+,59-/m1/s1. The summed E-state index contributed by atoms with van der Waals surface area (Å²) in [6.45, 7) is 12.3. The lowest BCUT2D eigenvalue weighted by atomic mass is 9.85. The first-order valence-electron chi connectivity index (χ1n) is 29.5. The fourth-order valence-electron chi connectivity index (χ4n) is 11.0. The summed E-state index contributed by atoms with van der Waals surface area (Å²) < 4.78 is 53.0. The quantitative estimate of drug-likeness (QED) is 0.0439. The van der Waals surface area contributed by atoms with Gasteiger partial charge in [0.1, 0.15) is 29.3 Å². The summed E-state index contributed by atoms with van der Waals surface area (Å²) in [5.74, 6) is -0.137. The van der Waals surface area contributed by atoms with Gasteiger partial charge in [-0.3, -0.25) is 33.0 Å². The van der Waals surface area contributed by atoms with Crippen LogP contribution in [0.2, 0.25) is 0 Å². The van der Waals surface area contributed by atoms with E-state index in [1.54, 1.807) is 84.4 Å². The van der Waals surface area contributed by atoms with Gasteiger partial charge in [0.2, 0.25) is 11.8 Å². The van der Waals surface area contributed by atoms with Gasteiger partial charge in [0, 0.05) is 82.1 Å². The van der Waals surface area contributed by atoms with Crippen molar-refractivity contribution in [3.8, 4) is 33.4 Å². The molecule has 0 radical (unpaired) electrons. The second-order valence-corrected chi connectivity index (χ2v) is 26.4. The third-order valence-electron chi connectivity index (χ3n) is 15.9. The van der Waals surface area contributed by atoms with Crippen molar-refractivity contribution in [2.45, 2.75) is 109 Å². The zero-order chi connectivity index (χ0) is 62.3. The Bertz CT molecular complexity index is 3790. The van der Waals surface area contributed by atoms with E-state index in [0.717, 1.165) is 53.1 Å². The lowest BCUT2D eigenvalue weighted by molar-refractivity contribution is -0.142. The number of nitrogens with zero attached hydrogens (tertiary/aromatic N) is 6. The van der Waals surface area contributed by atoms with Gasteiger partial charge in [-0.25, -0.2) is 18.2 Å². The van der Waals surface area contributed by atoms with Gasteiger partial charge >= 0.3 is 5.69 Å².